The first kappa shape index (κ1) is 27.3. The van der Waals surface area contributed by atoms with E-state index >= 15 is 0 Å². The number of nitrogens with one attached hydrogen (secondary N) is 2. The number of carbonyl (C=O) groups excluding carboxylic acids is 1. The lowest BCUT2D eigenvalue weighted by Gasteiger charge is -2.33. The van der Waals surface area contributed by atoms with E-state index in [9.17, 15) is 4.79 Å². The van der Waals surface area contributed by atoms with Crippen LogP contribution in [0.1, 0.15) is 38.2 Å². The number of amides is 1. The van der Waals surface area contributed by atoms with E-state index in [-0.39, 0.29) is 36.4 Å². The van der Waals surface area contributed by atoms with Gasteiger partial charge in [0.05, 0.1) is 0 Å². The lowest BCUT2D eigenvalue weighted by atomic mass is 10.0. The van der Waals surface area contributed by atoms with Gasteiger partial charge in [-0.25, -0.2) is 4.99 Å². The number of aliphatic imine (C=N–C) groups is 1. The third kappa shape index (κ3) is 10.0. The van der Waals surface area contributed by atoms with Crippen LogP contribution in [0.4, 0.5) is 0 Å². The number of likely N-dealkylation sites (N-methyl/N-ethyl adjacent to an activating group) is 1. The Morgan fingerprint density at radius 3 is 2.40 bits per heavy atom. The highest BCUT2D eigenvalue weighted by atomic mass is 127. The number of hydrogen-bond acceptors (Lipinski definition) is 3. The quantitative estimate of drug-likeness (QED) is 0.215. The number of hydrogen-bond donors (Lipinski definition) is 2. The third-order valence-electron chi connectivity index (χ3n) is 4.95. The van der Waals surface area contributed by atoms with Crippen LogP contribution in [0.25, 0.3) is 0 Å². The van der Waals surface area contributed by atoms with Crippen LogP contribution >= 0.6 is 47.2 Å². The summed E-state index contributed by atoms with van der Waals surface area (Å²) in [5, 5.41) is 8.21. The minimum Gasteiger partial charge on any atom is -0.356 e. The van der Waals surface area contributed by atoms with Crippen molar-refractivity contribution >= 4 is 59.0 Å². The molecular formula is C21H34Cl2IN5O. The van der Waals surface area contributed by atoms with Crippen LogP contribution in [0.2, 0.25) is 10.0 Å². The molecule has 1 fully saturated rings. The molecular weight excluding hydrogens is 536 g/mol. The van der Waals surface area contributed by atoms with Crippen molar-refractivity contribution in [3.05, 3.63) is 33.8 Å². The maximum atomic E-state index is 11.9. The van der Waals surface area contributed by atoms with Gasteiger partial charge in [0.2, 0.25) is 5.91 Å². The van der Waals surface area contributed by atoms with Gasteiger partial charge in [-0.05, 0) is 43.0 Å². The van der Waals surface area contributed by atoms with Crippen LogP contribution in [0, 0.1) is 0 Å². The minimum atomic E-state index is -0.00315. The molecule has 1 aliphatic heterocycles. The number of guanidine groups is 1. The van der Waals surface area contributed by atoms with Crippen LogP contribution < -0.4 is 10.6 Å². The van der Waals surface area contributed by atoms with Gasteiger partial charge in [-0.15, -0.1) is 24.0 Å². The minimum absolute atomic E-state index is 0. The van der Waals surface area contributed by atoms with E-state index in [0.717, 1.165) is 63.4 Å². The van der Waals surface area contributed by atoms with Crippen LogP contribution in [-0.4, -0.2) is 68.0 Å². The Bertz CT molecular complexity index is 674. The number of carbonyl (C=O) groups is 1. The van der Waals surface area contributed by atoms with Crippen molar-refractivity contribution in [2.45, 2.75) is 45.2 Å². The molecule has 0 atom stereocenters. The van der Waals surface area contributed by atoms with Crippen molar-refractivity contribution in [3.63, 3.8) is 0 Å². The number of nitrogens with zero attached hydrogens (tertiary/aromatic N) is 3. The molecule has 0 unspecified atom stereocenters. The molecule has 6 nitrogen and oxygen atoms in total. The van der Waals surface area contributed by atoms with Crippen LogP contribution in [0.15, 0.2) is 23.2 Å². The summed E-state index contributed by atoms with van der Waals surface area (Å²) in [7, 11) is 3.50. The number of unbranched alkanes of at least 4 members (excludes halogenated alkanes) is 1. The Morgan fingerprint density at radius 1 is 1.20 bits per heavy atom. The fourth-order valence-electron chi connectivity index (χ4n) is 3.21. The van der Waals surface area contributed by atoms with Gasteiger partial charge in [-0.3, -0.25) is 9.69 Å². The molecule has 1 aromatic rings. The Hall–Kier alpha value is -0.770. The second-order valence-corrected chi connectivity index (χ2v) is 8.58. The van der Waals surface area contributed by atoms with E-state index in [2.05, 4.69) is 27.4 Å². The first-order valence-electron chi connectivity index (χ1n) is 10.3. The Morgan fingerprint density at radius 2 is 1.83 bits per heavy atom. The van der Waals surface area contributed by atoms with Crippen LogP contribution in [0.5, 0.6) is 0 Å². The van der Waals surface area contributed by atoms with Crippen molar-refractivity contribution in [2.24, 2.45) is 4.99 Å². The maximum Gasteiger partial charge on any atom is 0.243 e. The summed E-state index contributed by atoms with van der Waals surface area (Å²) >= 11 is 12.2. The van der Waals surface area contributed by atoms with E-state index in [1.54, 1.807) is 25.1 Å². The lowest BCUT2D eigenvalue weighted by molar-refractivity contribution is -0.127. The van der Waals surface area contributed by atoms with E-state index in [0.29, 0.717) is 16.1 Å². The van der Waals surface area contributed by atoms with Crippen molar-refractivity contribution in [2.75, 3.05) is 40.3 Å². The molecule has 0 aliphatic carbocycles. The average molecular weight is 570 g/mol. The first-order chi connectivity index (χ1) is 13.9. The highest BCUT2D eigenvalue weighted by molar-refractivity contribution is 14.0. The number of likely N-dealkylation sites (tertiary alicyclic amines) is 1. The Labute approximate surface area is 207 Å². The normalized spacial score (nSPS) is 15.4. The zero-order valence-electron chi connectivity index (χ0n) is 18.1. The van der Waals surface area contributed by atoms with Gasteiger partial charge in [0.15, 0.2) is 5.96 Å². The lowest BCUT2D eigenvalue weighted by Crippen LogP contribution is -2.49. The van der Waals surface area contributed by atoms with Gasteiger partial charge >= 0.3 is 0 Å². The van der Waals surface area contributed by atoms with Gasteiger partial charge in [0, 0.05) is 56.4 Å². The molecule has 2 N–H and O–H groups in total. The zero-order valence-corrected chi connectivity index (χ0v) is 21.9. The van der Waals surface area contributed by atoms with E-state index in [4.69, 9.17) is 23.2 Å². The van der Waals surface area contributed by atoms with Gasteiger partial charge in [-0.1, -0.05) is 36.5 Å². The standard InChI is InChI=1S/C21H33Cl2N5O.HI/c1-4-5-8-24-21(25-14-20(29)27(2)3)26-19-6-9-28(10-7-19)15-16-11-17(22)13-18(23)12-16;/h11-13,19H,4-10,14-15H2,1-3H3,(H2,24,25,26);1H. The highest BCUT2D eigenvalue weighted by Crippen LogP contribution is 2.21. The molecule has 2 rings (SSSR count). The van der Waals surface area contributed by atoms with Gasteiger partial charge < -0.3 is 15.5 Å². The molecule has 1 heterocycles. The van der Waals surface area contributed by atoms with Crippen molar-refractivity contribution < 1.29 is 4.79 Å². The molecule has 30 heavy (non-hydrogen) atoms. The fraction of sp³-hybridized carbons (Fsp3) is 0.619. The SMILES string of the molecule is CCCCNC(=NCC(=O)N(C)C)NC1CCN(Cc2cc(Cl)cc(Cl)c2)CC1.I. The predicted octanol–water partition coefficient (Wildman–Crippen LogP) is 4.00. The van der Waals surface area contributed by atoms with E-state index in [1.807, 2.05) is 12.1 Å². The summed E-state index contributed by atoms with van der Waals surface area (Å²) in [6.45, 7) is 5.99. The summed E-state index contributed by atoms with van der Waals surface area (Å²) < 4.78 is 0. The predicted molar refractivity (Wildman–Crippen MR) is 137 cm³/mol. The smallest absolute Gasteiger partial charge is 0.243 e. The van der Waals surface area contributed by atoms with Crippen molar-refractivity contribution in [3.8, 4) is 0 Å². The Balaban J connectivity index is 0.00000450. The van der Waals surface area contributed by atoms with Crippen molar-refractivity contribution in [1.82, 2.24) is 20.4 Å². The topological polar surface area (TPSA) is 60.0 Å². The number of benzene rings is 1. The molecule has 170 valence electrons. The maximum absolute atomic E-state index is 11.9. The molecule has 0 saturated carbocycles. The molecule has 9 heteroatoms. The average Bonchev–Trinajstić information content (AvgIpc) is 2.66. The van der Waals surface area contributed by atoms with Gasteiger partial charge in [0.25, 0.3) is 0 Å². The summed E-state index contributed by atoms with van der Waals surface area (Å²) in [5.41, 5.74) is 1.14. The second-order valence-electron chi connectivity index (χ2n) is 7.71. The van der Waals surface area contributed by atoms with Crippen LogP contribution in [0.3, 0.4) is 0 Å². The number of piperidine rings is 1. The Kier molecular flexibility index (Phi) is 13.0. The molecule has 1 aromatic carbocycles. The molecule has 0 aromatic heterocycles. The summed E-state index contributed by atoms with van der Waals surface area (Å²) in [6, 6.07) is 6.05. The second kappa shape index (κ2) is 14.3. The summed E-state index contributed by atoms with van der Waals surface area (Å²) in [6.07, 6.45) is 4.22. The van der Waals surface area contributed by atoms with Gasteiger partial charge in [-0.2, -0.15) is 0 Å². The van der Waals surface area contributed by atoms with Crippen LogP contribution in [-0.2, 0) is 11.3 Å². The van der Waals surface area contributed by atoms with Gasteiger partial charge in [0.1, 0.15) is 6.54 Å². The highest BCUT2D eigenvalue weighted by Gasteiger charge is 2.20. The first-order valence-corrected chi connectivity index (χ1v) is 11.0. The van der Waals surface area contributed by atoms with E-state index < -0.39 is 0 Å². The zero-order chi connectivity index (χ0) is 21.2. The van der Waals surface area contributed by atoms with Crippen molar-refractivity contribution in [1.29, 1.82) is 0 Å². The molecule has 0 spiro atoms. The third-order valence-corrected chi connectivity index (χ3v) is 5.39. The number of rotatable bonds is 8. The molecule has 1 amide bonds. The fourth-order valence-corrected chi connectivity index (χ4v) is 3.78. The molecule has 1 saturated heterocycles. The largest absolute Gasteiger partial charge is 0.356 e. The molecule has 1 aliphatic rings. The molecule has 0 radical (unpaired) electrons. The molecule has 0 bridgehead atoms. The monoisotopic (exact) mass is 569 g/mol. The summed E-state index contributed by atoms with van der Waals surface area (Å²) in [5.74, 6) is 0.727. The summed E-state index contributed by atoms with van der Waals surface area (Å²) in [4.78, 5) is 20.3. The van der Waals surface area contributed by atoms with E-state index in [1.165, 1.54) is 0 Å². The number of halogens is 3.